The summed E-state index contributed by atoms with van der Waals surface area (Å²) in [5.74, 6) is 0.433. The minimum absolute atomic E-state index is 0.433. The van der Waals surface area contributed by atoms with Gasteiger partial charge in [-0.1, -0.05) is 31.5 Å². The second-order valence-electron chi connectivity index (χ2n) is 4.73. The van der Waals surface area contributed by atoms with Crippen molar-refractivity contribution in [3.05, 3.63) is 46.7 Å². The third kappa shape index (κ3) is 3.05. The normalized spacial score (nSPS) is 10.9. The number of rotatable bonds is 4. The number of halogens is 1. The van der Waals surface area contributed by atoms with E-state index in [4.69, 9.17) is 11.6 Å². The zero-order valence-electron chi connectivity index (χ0n) is 10.9. The lowest BCUT2D eigenvalue weighted by Crippen LogP contribution is -2.02. The third-order valence-electron chi connectivity index (χ3n) is 2.79. The van der Waals surface area contributed by atoms with Gasteiger partial charge in [-0.15, -0.1) is 0 Å². The largest absolute Gasteiger partial charge is 0.381 e. The standard InChI is InChI=1S/C14H18ClN3/c1-10(2)14-11(9-18(3)17-14)8-16-13-6-4-5-12(15)7-13/h4-7,9-10,16H,8H2,1-3H3. The van der Waals surface area contributed by atoms with Gasteiger partial charge in [0, 0.05) is 36.1 Å². The molecule has 2 rings (SSSR count). The molecule has 0 aliphatic heterocycles. The quantitative estimate of drug-likeness (QED) is 0.909. The van der Waals surface area contributed by atoms with Crippen LogP contribution < -0.4 is 5.32 Å². The SMILES string of the molecule is CC(C)c1nn(C)cc1CNc1cccc(Cl)c1. The molecule has 0 radical (unpaired) electrons. The van der Waals surface area contributed by atoms with E-state index in [1.165, 1.54) is 5.56 Å². The number of hydrogen-bond acceptors (Lipinski definition) is 2. The maximum absolute atomic E-state index is 5.96. The van der Waals surface area contributed by atoms with Gasteiger partial charge in [-0.2, -0.15) is 5.10 Å². The molecule has 0 amide bonds. The van der Waals surface area contributed by atoms with Crippen molar-refractivity contribution < 1.29 is 0 Å². The second-order valence-corrected chi connectivity index (χ2v) is 5.17. The Morgan fingerprint density at radius 1 is 1.39 bits per heavy atom. The predicted molar refractivity (Wildman–Crippen MR) is 76.1 cm³/mol. The maximum Gasteiger partial charge on any atom is 0.0699 e. The Kier molecular flexibility index (Phi) is 3.92. The molecule has 1 N–H and O–H groups in total. The molecule has 18 heavy (non-hydrogen) atoms. The highest BCUT2D eigenvalue weighted by Crippen LogP contribution is 2.20. The van der Waals surface area contributed by atoms with Crippen LogP contribution in [-0.4, -0.2) is 9.78 Å². The highest BCUT2D eigenvalue weighted by atomic mass is 35.5. The molecule has 0 saturated carbocycles. The van der Waals surface area contributed by atoms with Crippen LogP contribution in [0.2, 0.25) is 5.02 Å². The number of anilines is 1. The molecule has 0 aliphatic rings. The lowest BCUT2D eigenvalue weighted by atomic mass is 10.1. The molecule has 2 aromatic rings. The smallest absolute Gasteiger partial charge is 0.0699 e. The van der Waals surface area contributed by atoms with Gasteiger partial charge in [-0.25, -0.2) is 0 Å². The number of nitrogens with one attached hydrogen (secondary N) is 1. The lowest BCUT2D eigenvalue weighted by molar-refractivity contribution is 0.712. The summed E-state index contributed by atoms with van der Waals surface area (Å²) in [6, 6.07) is 7.75. The highest BCUT2D eigenvalue weighted by molar-refractivity contribution is 6.30. The first-order valence-electron chi connectivity index (χ1n) is 6.08. The van der Waals surface area contributed by atoms with Gasteiger partial charge in [0.05, 0.1) is 5.69 Å². The minimum atomic E-state index is 0.433. The van der Waals surface area contributed by atoms with E-state index >= 15 is 0 Å². The van der Waals surface area contributed by atoms with Gasteiger partial charge < -0.3 is 5.32 Å². The van der Waals surface area contributed by atoms with Gasteiger partial charge in [-0.3, -0.25) is 4.68 Å². The zero-order chi connectivity index (χ0) is 13.1. The van der Waals surface area contributed by atoms with Crippen LogP contribution in [0.15, 0.2) is 30.5 Å². The summed E-state index contributed by atoms with van der Waals surface area (Å²) >= 11 is 5.96. The summed E-state index contributed by atoms with van der Waals surface area (Å²) in [6.07, 6.45) is 2.06. The van der Waals surface area contributed by atoms with Gasteiger partial charge in [0.15, 0.2) is 0 Å². The number of aryl methyl sites for hydroxylation is 1. The van der Waals surface area contributed by atoms with E-state index < -0.39 is 0 Å². The van der Waals surface area contributed by atoms with Crippen molar-refractivity contribution in [2.24, 2.45) is 7.05 Å². The van der Waals surface area contributed by atoms with E-state index in [1.807, 2.05) is 36.0 Å². The van der Waals surface area contributed by atoms with Gasteiger partial charge >= 0.3 is 0 Å². The Bertz CT molecular complexity index is 532. The molecule has 0 spiro atoms. The van der Waals surface area contributed by atoms with Gasteiger partial charge in [0.25, 0.3) is 0 Å². The molecular formula is C14H18ClN3. The van der Waals surface area contributed by atoms with Crippen molar-refractivity contribution in [3.63, 3.8) is 0 Å². The molecule has 1 aromatic heterocycles. The fourth-order valence-corrected chi connectivity index (χ4v) is 2.16. The molecule has 4 heteroatoms. The molecule has 0 atom stereocenters. The molecule has 1 aromatic carbocycles. The van der Waals surface area contributed by atoms with Crippen LogP contribution in [0.25, 0.3) is 0 Å². The monoisotopic (exact) mass is 263 g/mol. The topological polar surface area (TPSA) is 29.9 Å². The molecule has 96 valence electrons. The van der Waals surface area contributed by atoms with Gasteiger partial charge in [-0.05, 0) is 24.1 Å². The number of hydrogen-bond donors (Lipinski definition) is 1. The van der Waals surface area contributed by atoms with Crippen LogP contribution in [0, 0.1) is 0 Å². The van der Waals surface area contributed by atoms with Crippen LogP contribution in [-0.2, 0) is 13.6 Å². The van der Waals surface area contributed by atoms with E-state index in [0.29, 0.717) is 5.92 Å². The summed E-state index contributed by atoms with van der Waals surface area (Å²) < 4.78 is 1.87. The van der Waals surface area contributed by atoms with Crippen LogP contribution in [0.1, 0.15) is 31.0 Å². The Labute approximate surface area is 113 Å². The fraction of sp³-hybridized carbons (Fsp3) is 0.357. The molecule has 0 bridgehead atoms. The molecule has 3 nitrogen and oxygen atoms in total. The average molecular weight is 264 g/mol. The molecule has 0 aliphatic carbocycles. The number of benzene rings is 1. The average Bonchev–Trinajstić information content (AvgIpc) is 2.68. The van der Waals surface area contributed by atoms with Gasteiger partial charge in [0.1, 0.15) is 0 Å². The predicted octanol–water partition coefficient (Wildman–Crippen LogP) is 3.81. The van der Waals surface area contributed by atoms with Crippen molar-refractivity contribution in [1.82, 2.24) is 9.78 Å². The first kappa shape index (κ1) is 13.0. The van der Waals surface area contributed by atoms with Crippen LogP contribution in [0.5, 0.6) is 0 Å². The molecular weight excluding hydrogens is 246 g/mol. The van der Waals surface area contributed by atoms with Gasteiger partial charge in [0.2, 0.25) is 0 Å². The van der Waals surface area contributed by atoms with E-state index in [9.17, 15) is 0 Å². The molecule has 0 fully saturated rings. The third-order valence-corrected chi connectivity index (χ3v) is 3.03. The Hall–Kier alpha value is -1.48. The van der Waals surface area contributed by atoms with Crippen molar-refractivity contribution in [2.75, 3.05) is 5.32 Å². The summed E-state index contributed by atoms with van der Waals surface area (Å²) in [4.78, 5) is 0. The summed E-state index contributed by atoms with van der Waals surface area (Å²) in [5.41, 5.74) is 3.40. The van der Waals surface area contributed by atoms with Crippen molar-refractivity contribution in [3.8, 4) is 0 Å². The van der Waals surface area contributed by atoms with E-state index in [-0.39, 0.29) is 0 Å². The molecule has 1 heterocycles. The van der Waals surface area contributed by atoms with E-state index in [1.54, 1.807) is 0 Å². The number of aromatic nitrogens is 2. The zero-order valence-corrected chi connectivity index (χ0v) is 11.7. The van der Waals surface area contributed by atoms with Crippen LogP contribution in [0.4, 0.5) is 5.69 Å². The first-order chi connectivity index (χ1) is 8.56. The maximum atomic E-state index is 5.96. The summed E-state index contributed by atoms with van der Waals surface area (Å²) in [6.45, 7) is 5.08. The van der Waals surface area contributed by atoms with Crippen LogP contribution in [0.3, 0.4) is 0 Å². The molecule has 0 unspecified atom stereocenters. The highest BCUT2D eigenvalue weighted by Gasteiger charge is 2.10. The van der Waals surface area contributed by atoms with E-state index in [2.05, 4.69) is 30.5 Å². The fourth-order valence-electron chi connectivity index (χ4n) is 1.97. The Morgan fingerprint density at radius 3 is 2.83 bits per heavy atom. The van der Waals surface area contributed by atoms with Crippen LogP contribution >= 0.6 is 11.6 Å². The minimum Gasteiger partial charge on any atom is -0.381 e. The lowest BCUT2D eigenvalue weighted by Gasteiger charge is -2.08. The summed E-state index contributed by atoms with van der Waals surface area (Å²) in [5, 5.41) is 8.61. The second kappa shape index (κ2) is 5.44. The van der Waals surface area contributed by atoms with E-state index in [0.717, 1.165) is 22.9 Å². The Balaban J connectivity index is 2.10. The van der Waals surface area contributed by atoms with Crippen molar-refractivity contribution in [2.45, 2.75) is 26.3 Å². The Morgan fingerprint density at radius 2 is 2.17 bits per heavy atom. The summed E-state index contributed by atoms with van der Waals surface area (Å²) in [7, 11) is 1.95. The molecule has 0 saturated heterocycles. The van der Waals surface area contributed by atoms with Crippen molar-refractivity contribution in [1.29, 1.82) is 0 Å². The number of nitrogens with zero attached hydrogens (tertiary/aromatic N) is 2. The first-order valence-corrected chi connectivity index (χ1v) is 6.46. The van der Waals surface area contributed by atoms with Crippen molar-refractivity contribution >= 4 is 17.3 Å².